The monoisotopic (exact) mass is 506 g/mol. The summed E-state index contributed by atoms with van der Waals surface area (Å²) < 4.78 is 11.0. The van der Waals surface area contributed by atoms with Crippen molar-refractivity contribution in [3.8, 4) is 5.75 Å². The van der Waals surface area contributed by atoms with Crippen molar-refractivity contribution in [3.05, 3.63) is 64.7 Å². The molecule has 0 aromatic heterocycles. The fraction of sp³-hybridized carbons (Fsp3) is 0.483. The topological polar surface area (TPSA) is 115 Å². The fourth-order valence-corrected chi connectivity index (χ4v) is 5.36. The minimum atomic E-state index is -0.244. The number of benzene rings is 2. The van der Waals surface area contributed by atoms with Gasteiger partial charge in [0.1, 0.15) is 5.75 Å². The van der Waals surface area contributed by atoms with Crippen molar-refractivity contribution >= 4 is 17.8 Å². The predicted molar refractivity (Wildman–Crippen MR) is 144 cm³/mol. The second kappa shape index (κ2) is 11.8. The number of carbonyl (C=O) groups is 2. The summed E-state index contributed by atoms with van der Waals surface area (Å²) in [5.74, 6) is 1.45. The Hall–Kier alpha value is -3.39. The normalized spacial score (nSPS) is 21.3. The first kappa shape index (κ1) is 26.7. The standard InChI is InChI=1S/C21H23NO3.C8H15N3O/c1-24-12-14-10-17-11-16(7-9-20(17)25-13-14)21(23)22-19-8-6-15-4-2-3-5-18(15)19;1-3-8(4-2)5-6(12)10-7(9)11-8/h2-5,7,9,11,14,19H,6,8,10,12-13H2,1H3,(H,22,23);3-5H2,1-2H3,(H3,9,10,11,12). The summed E-state index contributed by atoms with van der Waals surface area (Å²) in [6.45, 7) is 5.40. The summed E-state index contributed by atoms with van der Waals surface area (Å²) in [6, 6.07) is 14.2. The van der Waals surface area contributed by atoms with Crippen LogP contribution < -0.4 is 21.1 Å². The number of rotatable bonds is 6. The maximum Gasteiger partial charge on any atom is 0.251 e. The summed E-state index contributed by atoms with van der Waals surface area (Å²) in [4.78, 5) is 28.1. The molecular weight excluding hydrogens is 468 g/mol. The molecule has 2 heterocycles. The first-order valence-electron chi connectivity index (χ1n) is 13.1. The molecule has 0 fully saturated rings. The van der Waals surface area contributed by atoms with E-state index in [4.69, 9.17) is 15.2 Å². The van der Waals surface area contributed by atoms with E-state index in [0.29, 0.717) is 31.1 Å². The number of hydrogen-bond donors (Lipinski definition) is 3. The molecular formula is C29H38N4O4. The molecule has 2 aliphatic heterocycles. The van der Waals surface area contributed by atoms with Gasteiger partial charge in [-0.15, -0.1) is 0 Å². The first-order chi connectivity index (χ1) is 17.9. The molecule has 198 valence electrons. The zero-order chi connectivity index (χ0) is 26.4. The van der Waals surface area contributed by atoms with Gasteiger partial charge in [-0.1, -0.05) is 38.1 Å². The van der Waals surface area contributed by atoms with Gasteiger partial charge >= 0.3 is 0 Å². The van der Waals surface area contributed by atoms with Gasteiger partial charge in [0.15, 0.2) is 5.96 Å². The van der Waals surface area contributed by atoms with Crippen molar-refractivity contribution in [2.24, 2.45) is 16.6 Å². The molecule has 2 atom stereocenters. The van der Waals surface area contributed by atoms with Gasteiger partial charge in [-0.05, 0) is 67.0 Å². The highest BCUT2D eigenvalue weighted by molar-refractivity contribution is 5.98. The van der Waals surface area contributed by atoms with Crippen LogP contribution in [0.4, 0.5) is 0 Å². The summed E-state index contributed by atoms with van der Waals surface area (Å²) >= 11 is 0. The number of fused-ring (bicyclic) bond motifs is 2. The Labute approximate surface area is 219 Å². The molecule has 0 saturated carbocycles. The number of aryl methyl sites for hydroxylation is 1. The van der Waals surface area contributed by atoms with Gasteiger partial charge in [0.05, 0.1) is 31.2 Å². The average Bonchev–Trinajstić information content (AvgIpc) is 3.31. The highest BCUT2D eigenvalue weighted by Gasteiger charge is 2.32. The Morgan fingerprint density at radius 2 is 2.00 bits per heavy atom. The van der Waals surface area contributed by atoms with Crippen LogP contribution in [0, 0.1) is 5.92 Å². The quantitative estimate of drug-likeness (QED) is 0.553. The molecule has 8 heteroatoms. The molecule has 4 N–H and O–H groups in total. The number of hydrogen-bond acceptors (Lipinski definition) is 6. The lowest BCUT2D eigenvalue weighted by molar-refractivity contribution is -0.121. The van der Waals surface area contributed by atoms with Crippen molar-refractivity contribution in [3.63, 3.8) is 0 Å². The minimum Gasteiger partial charge on any atom is -0.493 e. The third-order valence-corrected chi connectivity index (χ3v) is 7.58. The number of methoxy groups -OCH3 is 1. The lowest BCUT2D eigenvalue weighted by Crippen LogP contribution is -2.48. The average molecular weight is 507 g/mol. The second-order valence-corrected chi connectivity index (χ2v) is 10.1. The Bertz CT molecular complexity index is 1160. The molecule has 37 heavy (non-hydrogen) atoms. The van der Waals surface area contributed by atoms with Crippen LogP contribution >= 0.6 is 0 Å². The van der Waals surface area contributed by atoms with Crippen molar-refractivity contribution in [2.75, 3.05) is 20.3 Å². The van der Waals surface area contributed by atoms with Gasteiger partial charge in [-0.2, -0.15) is 0 Å². The number of aliphatic imine (C=N–C) groups is 1. The van der Waals surface area contributed by atoms with Gasteiger partial charge in [-0.25, -0.2) is 4.99 Å². The predicted octanol–water partition coefficient (Wildman–Crippen LogP) is 3.68. The van der Waals surface area contributed by atoms with E-state index in [1.54, 1.807) is 7.11 Å². The van der Waals surface area contributed by atoms with Crippen LogP contribution in [0.2, 0.25) is 0 Å². The lowest BCUT2D eigenvalue weighted by atomic mass is 9.88. The number of carbonyl (C=O) groups excluding carboxylic acids is 2. The molecule has 0 spiro atoms. The molecule has 2 unspecified atom stereocenters. The van der Waals surface area contributed by atoms with Crippen LogP contribution in [0.15, 0.2) is 47.5 Å². The van der Waals surface area contributed by atoms with Crippen LogP contribution in [0.1, 0.15) is 72.6 Å². The van der Waals surface area contributed by atoms with Crippen LogP contribution in [0.5, 0.6) is 5.75 Å². The number of nitrogens with zero attached hydrogens (tertiary/aromatic N) is 1. The number of amides is 2. The smallest absolute Gasteiger partial charge is 0.251 e. The number of ether oxygens (including phenoxy) is 2. The van der Waals surface area contributed by atoms with E-state index in [1.807, 2.05) is 38.1 Å². The third-order valence-electron chi connectivity index (χ3n) is 7.58. The second-order valence-electron chi connectivity index (χ2n) is 10.1. The molecule has 2 amide bonds. The van der Waals surface area contributed by atoms with E-state index in [2.05, 4.69) is 33.8 Å². The summed E-state index contributed by atoms with van der Waals surface area (Å²) in [7, 11) is 1.71. The van der Waals surface area contributed by atoms with Gasteiger partial charge in [-0.3, -0.25) is 14.9 Å². The maximum atomic E-state index is 12.7. The van der Waals surface area contributed by atoms with E-state index in [1.165, 1.54) is 11.1 Å². The SMILES string of the molecule is CCC1(CC)CC(=O)NC(N)=N1.COCC1COc2ccc(C(=O)NC3CCc4ccccc43)cc2C1. The van der Waals surface area contributed by atoms with Gasteiger partial charge < -0.3 is 20.5 Å². The van der Waals surface area contributed by atoms with Crippen LogP contribution in [0.25, 0.3) is 0 Å². The summed E-state index contributed by atoms with van der Waals surface area (Å²) in [6.07, 6.45) is 5.05. The minimum absolute atomic E-state index is 0.0154. The molecule has 2 aromatic carbocycles. The van der Waals surface area contributed by atoms with E-state index >= 15 is 0 Å². The Morgan fingerprint density at radius 3 is 2.73 bits per heavy atom. The van der Waals surface area contributed by atoms with Crippen LogP contribution in [-0.2, 0) is 22.4 Å². The maximum absolute atomic E-state index is 12.7. The van der Waals surface area contributed by atoms with Gasteiger partial charge in [0, 0.05) is 18.6 Å². The Balaban J connectivity index is 0.000000225. The highest BCUT2D eigenvalue weighted by Crippen LogP contribution is 2.32. The Morgan fingerprint density at radius 1 is 1.22 bits per heavy atom. The summed E-state index contributed by atoms with van der Waals surface area (Å²) in [5.41, 5.74) is 9.60. The molecule has 1 aliphatic carbocycles. The number of nitrogens with two attached hydrogens (primary N) is 1. The molecule has 5 rings (SSSR count). The molecule has 8 nitrogen and oxygen atoms in total. The fourth-order valence-electron chi connectivity index (χ4n) is 5.36. The lowest BCUT2D eigenvalue weighted by Gasteiger charge is -2.30. The van der Waals surface area contributed by atoms with Crippen molar-refractivity contribution in [1.82, 2.24) is 10.6 Å². The summed E-state index contributed by atoms with van der Waals surface area (Å²) in [5, 5.41) is 5.68. The largest absolute Gasteiger partial charge is 0.493 e. The zero-order valence-corrected chi connectivity index (χ0v) is 22.0. The van der Waals surface area contributed by atoms with Crippen LogP contribution in [-0.4, -0.2) is 43.6 Å². The van der Waals surface area contributed by atoms with Gasteiger partial charge in [0.2, 0.25) is 5.91 Å². The van der Waals surface area contributed by atoms with E-state index in [0.717, 1.165) is 43.4 Å². The third kappa shape index (κ3) is 6.31. The number of nitrogens with one attached hydrogen (secondary N) is 2. The Kier molecular flexibility index (Phi) is 8.48. The van der Waals surface area contributed by atoms with Crippen molar-refractivity contribution in [2.45, 2.75) is 64.0 Å². The van der Waals surface area contributed by atoms with Crippen molar-refractivity contribution in [1.29, 1.82) is 0 Å². The van der Waals surface area contributed by atoms with E-state index < -0.39 is 0 Å². The highest BCUT2D eigenvalue weighted by atomic mass is 16.5. The molecule has 0 bridgehead atoms. The van der Waals surface area contributed by atoms with Crippen molar-refractivity contribution < 1.29 is 19.1 Å². The first-order valence-corrected chi connectivity index (χ1v) is 13.1. The molecule has 3 aliphatic rings. The molecule has 0 radical (unpaired) electrons. The van der Waals surface area contributed by atoms with E-state index in [9.17, 15) is 9.59 Å². The molecule has 2 aromatic rings. The zero-order valence-electron chi connectivity index (χ0n) is 22.0. The van der Waals surface area contributed by atoms with Gasteiger partial charge in [0.25, 0.3) is 5.91 Å². The van der Waals surface area contributed by atoms with E-state index in [-0.39, 0.29) is 29.4 Å². The molecule has 0 saturated heterocycles. The van der Waals surface area contributed by atoms with Crippen LogP contribution in [0.3, 0.4) is 0 Å². The number of guanidine groups is 1.